The van der Waals surface area contributed by atoms with Gasteiger partial charge in [-0.1, -0.05) is 19.8 Å². The average Bonchev–Trinajstić information content (AvgIpc) is 2.55. The summed E-state index contributed by atoms with van der Waals surface area (Å²) in [5.74, 6) is -4.53. The molecule has 24 heavy (non-hydrogen) atoms. The monoisotopic (exact) mass is 458 g/mol. The van der Waals surface area contributed by atoms with E-state index in [0.717, 1.165) is 31.4 Å². The van der Waals surface area contributed by atoms with E-state index in [1.54, 1.807) is 7.05 Å². The largest absolute Gasteiger partial charge is 0.356 e. The summed E-state index contributed by atoms with van der Waals surface area (Å²) in [6.45, 7) is 2.62. The van der Waals surface area contributed by atoms with Crippen LogP contribution in [0, 0.1) is 17.5 Å². The standard InChI is InChI=1S/C15H21F3N4O.HI/c1-3-4-5-8-20-15(19-2)21-9-12(23)22-11-7-6-10(16)13(17)14(11)18;/h6-7H,3-5,8-9H2,1-2H3,(H,22,23)(H2,19,20,21);1H. The van der Waals surface area contributed by atoms with Gasteiger partial charge >= 0.3 is 0 Å². The molecule has 0 radical (unpaired) electrons. The van der Waals surface area contributed by atoms with Crippen molar-refractivity contribution >= 4 is 41.5 Å². The molecule has 0 spiro atoms. The van der Waals surface area contributed by atoms with Crippen molar-refractivity contribution in [2.45, 2.75) is 26.2 Å². The first kappa shape index (κ1) is 22.5. The molecule has 0 unspecified atom stereocenters. The molecule has 0 atom stereocenters. The zero-order valence-corrected chi connectivity index (χ0v) is 15.9. The van der Waals surface area contributed by atoms with Crippen molar-refractivity contribution < 1.29 is 18.0 Å². The molecule has 3 N–H and O–H groups in total. The Morgan fingerprint density at radius 2 is 1.83 bits per heavy atom. The second-order valence-corrected chi connectivity index (χ2v) is 4.83. The highest BCUT2D eigenvalue weighted by Gasteiger charge is 2.15. The summed E-state index contributed by atoms with van der Waals surface area (Å²) in [5.41, 5.74) is -0.415. The quantitative estimate of drug-likeness (QED) is 0.194. The Kier molecular flexibility index (Phi) is 11.2. The van der Waals surface area contributed by atoms with Gasteiger partial charge < -0.3 is 16.0 Å². The number of nitrogens with one attached hydrogen (secondary N) is 3. The number of benzene rings is 1. The van der Waals surface area contributed by atoms with Gasteiger partial charge in [-0.3, -0.25) is 9.79 Å². The van der Waals surface area contributed by atoms with Gasteiger partial charge in [-0.25, -0.2) is 13.2 Å². The fraction of sp³-hybridized carbons (Fsp3) is 0.467. The number of hydrogen-bond acceptors (Lipinski definition) is 2. The van der Waals surface area contributed by atoms with Crippen LogP contribution in [-0.2, 0) is 4.79 Å². The molecule has 0 fully saturated rings. The zero-order chi connectivity index (χ0) is 17.2. The molecule has 0 saturated carbocycles. The van der Waals surface area contributed by atoms with Crippen LogP contribution in [0.25, 0.3) is 0 Å². The maximum Gasteiger partial charge on any atom is 0.243 e. The lowest BCUT2D eigenvalue weighted by molar-refractivity contribution is -0.115. The molecule has 5 nitrogen and oxygen atoms in total. The van der Waals surface area contributed by atoms with Crippen molar-refractivity contribution in [1.29, 1.82) is 0 Å². The molecular formula is C15H22F3IN4O. The van der Waals surface area contributed by atoms with Crippen molar-refractivity contribution in [1.82, 2.24) is 10.6 Å². The number of anilines is 1. The fourth-order valence-corrected chi connectivity index (χ4v) is 1.78. The number of carbonyl (C=O) groups excluding carboxylic acids is 1. The molecule has 0 bridgehead atoms. The van der Waals surface area contributed by atoms with Gasteiger partial charge in [-0.2, -0.15) is 0 Å². The summed E-state index contributed by atoms with van der Waals surface area (Å²) in [6, 6.07) is 1.71. The minimum Gasteiger partial charge on any atom is -0.356 e. The van der Waals surface area contributed by atoms with E-state index in [-0.39, 0.29) is 30.5 Å². The van der Waals surface area contributed by atoms with Crippen LogP contribution >= 0.6 is 24.0 Å². The maximum absolute atomic E-state index is 13.4. The van der Waals surface area contributed by atoms with Gasteiger partial charge in [0.05, 0.1) is 12.2 Å². The minimum atomic E-state index is -1.62. The van der Waals surface area contributed by atoms with Gasteiger partial charge in [0.2, 0.25) is 5.91 Å². The molecule has 1 amide bonds. The van der Waals surface area contributed by atoms with Crippen LogP contribution in [0.5, 0.6) is 0 Å². The van der Waals surface area contributed by atoms with Crippen molar-refractivity contribution in [2.24, 2.45) is 4.99 Å². The Balaban J connectivity index is 0.00000529. The SMILES string of the molecule is CCCCCNC(=NC)NCC(=O)Nc1ccc(F)c(F)c1F.I. The lowest BCUT2D eigenvalue weighted by atomic mass is 10.2. The normalized spacial score (nSPS) is 10.8. The van der Waals surface area contributed by atoms with E-state index >= 15 is 0 Å². The predicted molar refractivity (Wildman–Crippen MR) is 99.3 cm³/mol. The summed E-state index contributed by atoms with van der Waals surface area (Å²) in [7, 11) is 1.56. The number of unbranched alkanes of at least 4 members (excludes halogenated alkanes) is 2. The van der Waals surface area contributed by atoms with Crippen LogP contribution in [0.3, 0.4) is 0 Å². The Labute approximate surface area is 156 Å². The average molecular weight is 458 g/mol. The van der Waals surface area contributed by atoms with E-state index in [1.165, 1.54) is 0 Å². The Hall–Kier alpha value is -1.52. The van der Waals surface area contributed by atoms with Crippen LogP contribution in [0.1, 0.15) is 26.2 Å². The first-order chi connectivity index (χ1) is 11.0. The molecule has 136 valence electrons. The molecule has 1 rings (SSSR count). The maximum atomic E-state index is 13.4. The second-order valence-electron chi connectivity index (χ2n) is 4.83. The highest BCUT2D eigenvalue weighted by atomic mass is 127. The third-order valence-electron chi connectivity index (χ3n) is 3.02. The van der Waals surface area contributed by atoms with Crippen LogP contribution in [-0.4, -0.2) is 32.0 Å². The summed E-state index contributed by atoms with van der Waals surface area (Å²) in [6.07, 6.45) is 3.15. The van der Waals surface area contributed by atoms with Crippen LogP contribution in [0.4, 0.5) is 18.9 Å². The molecule has 0 saturated heterocycles. The smallest absolute Gasteiger partial charge is 0.243 e. The third kappa shape index (κ3) is 7.37. The lowest BCUT2D eigenvalue weighted by Gasteiger charge is -2.12. The highest BCUT2D eigenvalue weighted by molar-refractivity contribution is 14.0. The minimum absolute atomic E-state index is 0. The van der Waals surface area contributed by atoms with Crippen LogP contribution < -0.4 is 16.0 Å². The van der Waals surface area contributed by atoms with E-state index in [9.17, 15) is 18.0 Å². The van der Waals surface area contributed by atoms with Gasteiger partial charge in [0.25, 0.3) is 0 Å². The highest BCUT2D eigenvalue weighted by Crippen LogP contribution is 2.19. The van der Waals surface area contributed by atoms with E-state index < -0.39 is 29.0 Å². The Bertz CT molecular complexity index is 570. The van der Waals surface area contributed by atoms with Crippen molar-refractivity contribution in [2.75, 3.05) is 25.5 Å². The molecule has 0 aliphatic rings. The summed E-state index contributed by atoms with van der Waals surface area (Å²) in [4.78, 5) is 15.7. The lowest BCUT2D eigenvalue weighted by Crippen LogP contribution is -2.41. The molecule has 1 aromatic rings. The molecular weight excluding hydrogens is 436 g/mol. The van der Waals surface area contributed by atoms with E-state index in [2.05, 4.69) is 27.9 Å². The van der Waals surface area contributed by atoms with Gasteiger partial charge in [0.1, 0.15) is 0 Å². The third-order valence-corrected chi connectivity index (χ3v) is 3.02. The molecule has 9 heteroatoms. The second kappa shape index (κ2) is 11.9. The molecule has 0 heterocycles. The number of aliphatic imine (C=N–C) groups is 1. The van der Waals surface area contributed by atoms with Crippen LogP contribution in [0.2, 0.25) is 0 Å². The first-order valence-corrected chi connectivity index (χ1v) is 7.37. The van der Waals surface area contributed by atoms with E-state index in [0.29, 0.717) is 12.5 Å². The topological polar surface area (TPSA) is 65.5 Å². The van der Waals surface area contributed by atoms with Crippen molar-refractivity contribution in [3.05, 3.63) is 29.6 Å². The zero-order valence-electron chi connectivity index (χ0n) is 13.6. The van der Waals surface area contributed by atoms with Gasteiger partial charge in [0, 0.05) is 13.6 Å². The number of rotatable bonds is 7. The van der Waals surface area contributed by atoms with E-state index in [1.807, 2.05) is 0 Å². The number of hydrogen-bond donors (Lipinski definition) is 3. The number of halogens is 4. The summed E-state index contributed by atoms with van der Waals surface area (Å²) >= 11 is 0. The molecule has 1 aromatic carbocycles. The summed E-state index contributed by atoms with van der Waals surface area (Å²) < 4.78 is 39.3. The first-order valence-electron chi connectivity index (χ1n) is 7.37. The van der Waals surface area contributed by atoms with Crippen molar-refractivity contribution in [3.63, 3.8) is 0 Å². The molecule has 0 aliphatic carbocycles. The Morgan fingerprint density at radius 1 is 1.12 bits per heavy atom. The summed E-state index contributed by atoms with van der Waals surface area (Å²) in [5, 5.41) is 7.94. The van der Waals surface area contributed by atoms with Gasteiger partial charge in [-0.05, 0) is 18.6 Å². The number of amides is 1. The van der Waals surface area contributed by atoms with Gasteiger partial charge in [-0.15, -0.1) is 24.0 Å². The Morgan fingerprint density at radius 3 is 2.46 bits per heavy atom. The molecule has 0 aromatic heterocycles. The van der Waals surface area contributed by atoms with Crippen molar-refractivity contribution in [3.8, 4) is 0 Å². The number of carbonyl (C=O) groups is 1. The van der Waals surface area contributed by atoms with E-state index in [4.69, 9.17) is 0 Å². The van der Waals surface area contributed by atoms with Crippen LogP contribution in [0.15, 0.2) is 17.1 Å². The number of guanidine groups is 1. The molecule has 0 aliphatic heterocycles. The fourth-order valence-electron chi connectivity index (χ4n) is 1.78. The number of nitrogens with zero attached hydrogens (tertiary/aromatic N) is 1. The van der Waals surface area contributed by atoms with Gasteiger partial charge in [0.15, 0.2) is 23.4 Å². The predicted octanol–water partition coefficient (Wildman–Crippen LogP) is 3.02.